The van der Waals surface area contributed by atoms with Crippen molar-refractivity contribution in [3.05, 3.63) is 117 Å². The van der Waals surface area contributed by atoms with Gasteiger partial charge in [0.15, 0.2) is 0 Å². The van der Waals surface area contributed by atoms with Crippen LogP contribution >= 0.6 is 0 Å². The molecule has 2 amide bonds. The summed E-state index contributed by atoms with van der Waals surface area (Å²) in [6.07, 6.45) is -4.70. The minimum Gasteiger partial charge on any atom is -0.339 e. The third kappa shape index (κ3) is 4.97. The lowest BCUT2D eigenvalue weighted by molar-refractivity contribution is -0.387. The number of likely N-dealkylation sites (N-methyl/N-ethyl adjacent to an activating group) is 1. The molecular formula is C29H23F4N5O4. The van der Waals surface area contributed by atoms with E-state index >= 15 is 0 Å². The number of nitrogens with one attached hydrogen (secondary N) is 1. The number of aryl methyl sites for hydroxylation is 1. The van der Waals surface area contributed by atoms with Crippen LogP contribution in [0.15, 0.2) is 72.8 Å². The molecule has 2 atom stereocenters. The van der Waals surface area contributed by atoms with Crippen molar-refractivity contribution < 1.29 is 32.1 Å². The third-order valence-corrected chi connectivity index (χ3v) is 7.10. The van der Waals surface area contributed by atoms with Gasteiger partial charge >= 0.3 is 11.9 Å². The maximum Gasteiger partial charge on any atom is 0.416 e. The van der Waals surface area contributed by atoms with Gasteiger partial charge in [-0.3, -0.25) is 24.6 Å². The van der Waals surface area contributed by atoms with Crippen molar-refractivity contribution >= 4 is 23.3 Å². The molecule has 0 spiro atoms. The van der Waals surface area contributed by atoms with E-state index in [0.29, 0.717) is 28.8 Å². The molecule has 3 aromatic carbocycles. The van der Waals surface area contributed by atoms with Gasteiger partial charge in [-0.25, -0.2) is 4.68 Å². The van der Waals surface area contributed by atoms with Gasteiger partial charge in [0.25, 0.3) is 11.8 Å². The van der Waals surface area contributed by atoms with Crippen LogP contribution in [0.2, 0.25) is 0 Å². The smallest absolute Gasteiger partial charge is 0.339 e. The van der Waals surface area contributed by atoms with Crippen LogP contribution in [-0.2, 0) is 11.0 Å². The maximum absolute atomic E-state index is 14.3. The lowest BCUT2D eigenvalue weighted by atomic mass is 9.80. The Morgan fingerprint density at radius 3 is 2.43 bits per heavy atom. The van der Waals surface area contributed by atoms with Crippen molar-refractivity contribution in [1.29, 1.82) is 0 Å². The monoisotopic (exact) mass is 581 g/mol. The maximum atomic E-state index is 14.3. The molecule has 42 heavy (non-hydrogen) atoms. The molecule has 0 saturated carbocycles. The number of amides is 2. The van der Waals surface area contributed by atoms with Crippen LogP contribution in [0.3, 0.4) is 0 Å². The van der Waals surface area contributed by atoms with Gasteiger partial charge in [0.05, 0.1) is 21.9 Å². The van der Waals surface area contributed by atoms with Gasteiger partial charge in [-0.2, -0.15) is 22.7 Å². The predicted octanol–water partition coefficient (Wildman–Crippen LogP) is 5.54. The molecule has 1 N–H and O–H groups in total. The minimum atomic E-state index is -4.70. The number of hydrogen-bond acceptors (Lipinski definition) is 5. The second-order valence-electron chi connectivity index (χ2n) is 9.63. The minimum absolute atomic E-state index is 0.135. The zero-order chi connectivity index (χ0) is 30.3. The first-order valence-electron chi connectivity index (χ1n) is 12.8. The fourth-order valence-electron chi connectivity index (χ4n) is 5.22. The number of nitrogens with zero attached hydrogens (tertiary/aromatic N) is 4. The summed E-state index contributed by atoms with van der Waals surface area (Å²) in [5.41, 5.74) is -0.608. The highest BCUT2D eigenvalue weighted by molar-refractivity contribution is 6.05. The van der Waals surface area contributed by atoms with E-state index in [2.05, 4.69) is 10.4 Å². The second-order valence-corrected chi connectivity index (χ2v) is 9.63. The average Bonchev–Trinajstić information content (AvgIpc) is 3.30. The molecule has 13 heteroatoms. The summed E-state index contributed by atoms with van der Waals surface area (Å²) in [6.45, 7) is 3.50. The molecule has 1 aliphatic rings. The topological polar surface area (TPSA) is 110 Å². The number of nitro benzene ring substituents is 1. The first-order chi connectivity index (χ1) is 19.9. The fraction of sp³-hybridized carbons (Fsp3) is 0.207. The Hall–Kier alpha value is -5.07. The Bertz CT molecular complexity index is 1700. The molecule has 0 unspecified atom stereocenters. The Morgan fingerprint density at radius 2 is 1.79 bits per heavy atom. The van der Waals surface area contributed by atoms with Crippen molar-refractivity contribution in [1.82, 2.24) is 15.1 Å². The van der Waals surface area contributed by atoms with Gasteiger partial charge in [-0.1, -0.05) is 30.3 Å². The van der Waals surface area contributed by atoms with Crippen molar-refractivity contribution in [3.63, 3.8) is 0 Å². The van der Waals surface area contributed by atoms with Crippen molar-refractivity contribution in [2.45, 2.75) is 32.0 Å². The lowest BCUT2D eigenvalue weighted by Crippen LogP contribution is -2.55. The van der Waals surface area contributed by atoms with E-state index < -0.39 is 51.9 Å². The quantitative estimate of drug-likeness (QED) is 0.183. The van der Waals surface area contributed by atoms with Crippen LogP contribution < -0.4 is 10.2 Å². The number of alkyl halides is 3. The summed E-state index contributed by atoms with van der Waals surface area (Å²) in [4.78, 5) is 39.5. The number of carbonyl (C=O) groups excluding carboxylic acids is 2. The molecule has 0 bridgehead atoms. The zero-order valence-corrected chi connectivity index (χ0v) is 22.2. The van der Waals surface area contributed by atoms with Crippen LogP contribution in [0.1, 0.15) is 45.6 Å². The Kier molecular flexibility index (Phi) is 7.27. The van der Waals surface area contributed by atoms with E-state index in [4.69, 9.17) is 0 Å². The number of fused-ring (bicyclic) bond motifs is 1. The molecule has 0 saturated heterocycles. The van der Waals surface area contributed by atoms with E-state index in [1.807, 2.05) is 0 Å². The Balaban J connectivity index is 1.70. The standard InChI is InChI=1S/C29H23F4N5O4/c1-3-36-27-23(16(2)35-37(27)20-10-5-4-6-11-20)24(17-12-13-21(30)22(15-17)38(41)42)25(28(36)40)34-26(39)18-8-7-9-19(14-18)29(31,32)33/h4-15,24-25H,3H2,1-2H3,(H,34,39)/t24-,25-/m0/s1. The highest BCUT2D eigenvalue weighted by Crippen LogP contribution is 2.44. The molecule has 2 heterocycles. The van der Waals surface area contributed by atoms with Gasteiger partial charge in [0, 0.05) is 29.7 Å². The molecule has 216 valence electrons. The molecule has 1 aliphatic heterocycles. The highest BCUT2D eigenvalue weighted by atomic mass is 19.4. The highest BCUT2D eigenvalue weighted by Gasteiger charge is 2.46. The molecule has 0 fully saturated rings. The SMILES string of the molecule is CCN1C(=O)[C@@H](NC(=O)c2cccc(C(F)(F)F)c2)[C@@H](c2ccc(F)c([N+](=O)[O-])c2)c2c(C)nn(-c3ccccc3)c21. The van der Waals surface area contributed by atoms with Gasteiger partial charge in [-0.05, 0) is 55.8 Å². The number of rotatable bonds is 6. The number of para-hydroxylation sites is 1. The lowest BCUT2D eigenvalue weighted by Gasteiger charge is -2.38. The number of hydrogen-bond donors (Lipinski definition) is 1. The second kappa shape index (κ2) is 10.7. The van der Waals surface area contributed by atoms with Crippen molar-refractivity contribution in [2.75, 3.05) is 11.4 Å². The first kappa shape index (κ1) is 28.5. The largest absolute Gasteiger partial charge is 0.416 e. The summed E-state index contributed by atoms with van der Waals surface area (Å²) in [5.74, 6) is -3.43. The molecule has 1 aromatic heterocycles. The van der Waals surface area contributed by atoms with Crippen molar-refractivity contribution in [2.24, 2.45) is 0 Å². The van der Waals surface area contributed by atoms with E-state index in [1.54, 1.807) is 48.9 Å². The predicted molar refractivity (Wildman–Crippen MR) is 144 cm³/mol. The van der Waals surface area contributed by atoms with Crippen LogP contribution in [0.4, 0.5) is 29.1 Å². The van der Waals surface area contributed by atoms with Crippen LogP contribution in [-0.4, -0.2) is 39.1 Å². The summed E-state index contributed by atoms with van der Waals surface area (Å²) >= 11 is 0. The first-order valence-corrected chi connectivity index (χ1v) is 12.8. The molecule has 9 nitrogen and oxygen atoms in total. The number of benzene rings is 3. The summed E-state index contributed by atoms with van der Waals surface area (Å²) < 4.78 is 55.9. The number of halogens is 4. The van der Waals surface area contributed by atoms with E-state index in [-0.39, 0.29) is 17.7 Å². The number of carbonyl (C=O) groups is 2. The van der Waals surface area contributed by atoms with E-state index in [9.17, 15) is 37.3 Å². The molecule has 0 radical (unpaired) electrons. The Morgan fingerprint density at radius 1 is 1.07 bits per heavy atom. The Labute approximate surface area is 236 Å². The van der Waals surface area contributed by atoms with Crippen molar-refractivity contribution in [3.8, 4) is 5.69 Å². The zero-order valence-electron chi connectivity index (χ0n) is 22.2. The van der Waals surface area contributed by atoms with Gasteiger partial charge in [0.2, 0.25) is 5.82 Å². The number of aromatic nitrogens is 2. The third-order valence-electron chi connectivity index (χ3n) is 7.10. The van der Waals surface area contributed by atoms with Crippen LogP contribution in [0.25, 0.3) is 5.69 Å². The van der Waals surface area contributed by atoms with E-state index in [0.717, 1.165) is 24.3 Å². The van der Waals surface area contributed by atoms with Gasteiger partial charge in [0.1, 0.15) is 11.9 Å². The molecular weight excluding hydrogens is 558 g/mol. The molecule has 5 rings (SSSR count). The number of nitro groups is 1. The van der Waals surface area contributed by atoms with Crippen LogP contribution in [0, 0.1) is 22.9 Å². The normalized spacial score (nSPS) is 16.7. The average molecular weight is 582 g/mol. The van der Waals surface area contributed by atoms with Gasteiger partial charge in [-0.15, -0.1) is 0 Å². The van der Waals surface area contributed by atoms with Gasteiger partial charge < -0.3 is 5.32 Å². The summed E-state index contributed by atoms with van der Waals surface area (Å²) in [6, 6.07) is 14.4. The summed E-state index contributed by atoms with van der Waals surface area (Å²) in [5, 5.41) is 18.8. The van der Waals surface area contributed by atoms with Crippen LogP contribution in [0.5, 0.6) is 0 Å². The van der Waals surface area contributed by atoms with E-state index in [1.165, 1.54) is 17.0 Å². The molecule has 0 aliphatic carbocycles. The summed E-state index contributed by atoms with van der Waals surface area (Å²) in [7, 11) is 0. The fourth-order valence-corrected chi connectivity index (χ4v) is 5.22. The molecule has 4 aromatic rings. The number of anilines is 1.